The number of carbonyl (C=O) groups is 2. The summed E-state index contributed by atoms with van der Waals surface area (Å²) in [6.45, 7) is 3.66. The molecule has 0 spiro atoms. The molecule has 1 fully saturated rings. The van der Waals surface area contributed by atoms with Crippen LogP contribution in [0.15, 0.2) is 0 Å². The van der Waals surface area contributed by atoms with Crippen molar-refractivity contribution in [2.24, 2.45) is 17.8 Å². The van der Waals surface area contributed by atoms with Gasteiger partial charge in [-0.15, -0.1) is 0 Å². The summed E-state index contributed by atoms with van der Waals surface area (Å²) in [4.78, 5) is 22.5. The summed E-state index contributed by atoms with van der Waals surface area (Å²) >= 11 is 0. The van der Waals surface area contributed by atoms with Gasteiger partial charge in [0.25, 0.3) is 0 Å². The Balaban J connectivity index is 2.71. The average molecular weight is 170 g/mol. The zero-order valence-electron chi connectivity index (χ0n) is 7.66. The molecule has 0 bridgehead atoms. The zero-order chi connectivity index (χ0) is 9.30. The molecule has 3 atom stereocenters. The van der Waals surface area contributed by atoms with E-state index in [1.54, 1.807) is 6.92 Å². The Morgan fingerprint density at radius 1 is 1.50 bits per heavy atom. The van der Waals surface area contributed by atoms with Gasteiger partial charge in [-0.1, -0.05) is 13.8 Å². The van der Waals surface area contributed by atoms with E-state index in [9.17, 15) is 9.59 Å². The van der Waals surface area contributed by atoms with Crippen molar-refractivity contribution in [3.8, 4) is 0 Å². The molecule has 0 amide bonds. The van der Waals surface area contributed by atoms with Crippen LogP contribution in [0, 0.1) is 17.8 Å². The topological polar surface area (TPSA) is 43.4 Å². The quantitative estimate of drug-likeness (QED) is 0.552. The first-order chi connectivity index (χ1) is 5.57. The lowest BCUT2D eigenvalue weighted by Crippen LogP contribution is -2.21. The van der Waals surface area contributed by atoms with Crippen LogP contribution < -0.4 is 0 Å². The molecule has 0 saturated heterocycles. The van der Waals surface area contributed by atoms with E-state index in [1.165, 1.54) is 7.11 Å². The zero-order valence-corrected chi connectivity index (χ0v) is 7.66. The van der Waals surface area contributed by atoms with Crippen LogP contribution in [0.1, 0.15) is 20.3 Å². The van der Waals surface area contributed by atoms with E-state index in [4.69, 9.17) is 0 Å². The monoisotopic (exact) mass is 170 g/mol. The fourth-order valence-corrected chi connectivity index (χ4v) is 1.80. The summed E-state index contributed by atoms with van der Waals surface area (Å²) in [5, 5.41) is 0. The van der Waals surface area contributed by atoms with Crippen LogP contribution >= 0.6 is 0 Å². The maximum atomic E-state index is 11.3. The largest absolute Gasteiger partial charge is 0.469 e. The lowest BCUT2D eigenvalue weighted by atomic mass is 9.98. The standard InChI is InChI=1S/C9H14O3/c1-5-4-7(9(11)12-3)6(2)8(5)10/h5-7H,4H2,1-3H3. The number of hydrogen-bond acceptors (Lipinski definition) is 3. The minimum atomic E-state index is -0.250. The third-order valence-electron chi connectivity index (χ3n) is 2.65. The van der Waals surface area contributed by atoms with Gasteiger partial charge in [0, 0.05) is 11.8 Å². The molecule has 3 unspecified atom stereocenters. The van der Waals surface area contributed by atoms with Gasteiger partial charge in [0.1, 0.15) is 5.78 Å². The Kier molecular flexibility index (Phi) is 2.50. The molecule has 12 heavy (non-hydrogen) atoms. The van der Waals surface area contributed by atoms with Crippen molar-refractivity contribution < 1.29 is 14.3 Å². The van der Waals surface area contributed by atoms with E-state index in [-0.39, 0.29) is 29.5 Å². The van der Waals surface area contributed by atoms with Gasteiger partial charge in [0.2, 0.25) is 0 Å². The molecule has 1 aliphatic rings. The normalized spacial score (nSPS) is 35.2. The summed E-state index contributed by atoms with van der Waals surface area (Å²) < 4.78 is 4.61. The molecule has 0 heterocycles. The van der Waals surface area contributed by atoms with Crippen LogP contribution in [0.5, 0.6) is 0 Å². The lowest BCUT2D eigenvalue weighted by Gasteiger charge is -2.09. The fraction of sp³-hybridized carbons (Fsp3) is 0.778. The van der Waals surface area contributed by atoms with Crippen LogP contribution in [0.2, 0.25) is 0 Å². The van der Waals surface area contributed by atoms with Crippen LogP contribution in [0.3, 0.4) is 0 Å². The number of hydrogen-bond donors (Lipinski definition) is 0. The number of rotatable bonds is 1. The summed E-state index contributed by atoms with van der Waals surface area (Å²) in [7, 11) is 1.36. The molecule has 0 radical (unpaired) electrons. The number of esters is 1. The Hall–Kier alpha value is -0.860. The van der Waals surface area contributed by atoms with Crippen LogP contribution in [-0.2, 0) is 14.3 Å². The summed E-state index contributed by atoms with van der Waals surface area (Å²) in [5.41, 5.74) is 0. The minimum absolute atomic E-state index is 0.0177. The van der Waals surface area contributed by atoms with Gasteiger partial charge in [0.05, 0.1) is 13.0 Å². The van der Waals surface area contributed by atoms with Crippen molar-refractivity contribution in [3.63, 3.8) is 0 Å². The van der Waals surface area contributed by atoms with Crippen LogP contribution in [-0.4, -0.2) is 18.9 Å². The lowest BCUT2D eigenvalue weighted by molar-refractivity contribution is -0.147. The van der Waals surface area contributed by atoms with Gasteiger partial charge >= 0.3 is 5.97 Å². The van der Waals surface area contributed by atoms with Gasteiger partial charge < -0.3 is 4.74 Å². The predicted octanol–water partition coefficient (Wildman–Crippen LogP) is 1.02. The smallest absolute Gasteiger partial charge is 0.309 e. The van der Waals surface area contributed by atoms with E-state index in [1.807, 2.05) is 6.92 Å². The highest BCUT2D eigenvalue weighted by Gasteiger charge is 2.41. The second-order valence-corrected chi connectivity index (χ2v) is 3.46. The molecule has 1 aliphatic carbocycles. The van der Waals surface area contributed by atoms with Crippen molar-refractivity contribution in [1.29, 1.82) is 0 Å². The minimum Gasteiger partial charge on any atom is -0.469 e. The molecule has 68 valence electrons. The second kappa shape index (κ2) is 3.25. The van der Waals surface area contributed by atoms with Crippen molar-refractivity contribution in [2.75, 3.05) is 7.11 Å². The number of ketones is 1. The highest BCUT2D eigenvalue weighted by atomic mass is 16.5. The number of ether oxygens (including phenoxy) is 1. The van der Waals surface area contributed by atoms with Gasteiger partial charge in [-0.25, -0.2) is 0 Å². The van der Waals surface area contributed by atoms with E-state index in [0.717, 1.165) is 0 Å². The third kappa shape index (κ3) is 1.36. The maximum Gasteiger partial charge on any atom is 0.309 e. The van der Waals surface area contributed by atoms with E-state index in [0.29, 0.717) is 6.42 Å². The van der Waals surface area contributed by atoms with E-state index < -0.39 is 0 Å². The molecular weight excluding hydrogens is 156 g/mol. The first kappa shape index (κ1) is 9.23. The van der Waals surface area contributed by atoms with Crippen LogP contribution in [0.4, 0.5) is 0 Å². The van der Waals surface area contributed by atoms with Crippen molar-refractivity contribution in [3.05, 3.63) is 0 Å². The van der Waals surface area contributed by atoms with Crippen LogP contribution in [0.25, 0.3) is 0 Å². The molecule has 0 aromatic rings. The molecule has 0 aromatic heterocycles. The number of Topliss-reactive ketones (excluding diaryl/α,β-unsaturated/α-hetero) is 1. The summed E-state index contributed by atoms with van der Waals surface area (Å²) in [6, 6.07) is 0. The van der Waals surface area contributed by atoms with Crippen molar-refractivity contribution in [2.45, 2.75) is 20.3 Å². The first-order valence-corrected chi connectivity index (χ1v) is 4.19. The van der Waals surface area contributed by atoms with Gasteiger partial charge in [-0.3, -0.25) is 9.59 Å². The molecule has 0 aromatic carbocycles. The number of methoxy groups -OCH3 is 1. The third-order valence-corrected chi connectivity index (χ3v) is 2.65. The SMILES string of the molecule is COC(=O)C1CC(C)C(=O)C1C. The Morgan fingerprint density at radius 3 is 2.42 bits per heavy atom. The molecular formula is C9H14O3. The Bertz CT molecular complexity index is 210. The molecule has 0 aliphatic heterocycles. The molecule has 3 nitrogen and oxygen atoms in total. The molecule has 3 heteroatoms. The Labute approximate surface area is 72.1 Å². The molecule has 0 N–H and O–H groups in total. The van der Waals surface area contributed by atoms with Crippen molar-refractivity contribution >= 4 is 11.8 Å². The molecule has 1 rings (SSSR count). The predicted molar refractivity (Wildman–Crippen MR) is 43.5 cm³/mol. The molecule has 1 saturated carbocycles. The summed E-state index contributed by atoms with van der Waals surface area (Å²) in [5.74, 6) is -0.417. The maximum absolute atomic E-state index is 11.3. The van der Waals surface area contributed by atoms with Gasteiger partial charge in [-0.05, 0) is 6.42 Å². The number of carbonyl (C=O) groups excluding carboxylic acids is 2. The second-order valence-electron chi connectivity index (χ2n) is 3.46. The summed E-state index contributed by atoms with van der Waals surface area (Å²) in [6.07, 6.45) is 0.646. The average Bonchev–Trinajstić information content (AvgIpc) is 2.32. The van der Waals surface area contributed by atoms with E-state index in [2.05, 4.69) is 4.74 Å². The fourth-order valence-electron chi connectivity index (χ4n) is 1.80. The Morgan fingerprint density at radius 2 is 2.08 bits per heavy atom. The highest BCUT2D eigenvalue weighted by Crippen LogP contribution is 2.33. The van der Waals surface area contributed by atoms with E-state index >= 15 is 0 Å². The highest BCUT2D eigenvalue weighted by molar-refractivity contribution is 5.91. The van der Waals surface area contributed by atoms with Gasteiger partial charge in [-0.2, -0.15) is 0 Å². The first-order valence-electron chi connectivity index (χ1n) is 4.19. The van der Waals surface area contributed by atoms with Crippen molar-refractivity contribution in [1.82, 2.24) is 0 Å². The van der Waals surface area contributed by atoms with Gasteiger partial charge in [0.15, 0.2) is 0 Å².